The van der Waals surface area contributed by atoms with Crippen LogP contribution in [0.1, 0.15) is 25.3 Å². The van der Waals surface area contributed by atoms with Crippen LogP contribution in [0.3, 0.4) is 0 Å². The molecule has 0 spiro atoms. The molecule has 2 aromatic heterocycles. The molecule has 6 nitrogen and oxygen atoms in total. The molecule has 1 amide bonds. The Morgan fingerprint density at radius 3 is 2.53 bits per heavy atom. The summed E-state index contributed by atoms with van der Waals surface area (Å²) in [4.78, 5) is 19.7. The van der Waals surface area contributed by atoms with Crippen molar-refractivity contribution in [3.05, 3.63) is 54.1 Å². The number of thioether (sulfide) groups is 1. The number of aryl methyl sites for hydroxylation is 1. The lowest BCUT2D eigenvalue weighted by Crippen LogP contribution is -2.34. The molecule has 1 fully saturated rings. The van der Waals surface area contributed by atoms with Crippen LogP contribution in [0.4, 0.5) is 0 Å². The molecule has 1 aliphatic rings. The summed E-state index contributed by atoms with van der Waals surface area (Å²) in [7, 11) is 0. The minimum atomic E-state index is -0.229. The van der Waals surface area contributed by atoms with E-state index >= 15 is 0 Å². The molecule has 0 aliphatic carbocycles. The van der Waals surface area contributed by atoms with E-state index in [0.29, 0.717) is 5.16 Å². The normalized spacial score (nSPS) is 15.2. The Morgan fingerprint density at radius 2 is 1.77 bits per heavy atom. The number of benzene rings is 2. The number of amides is 1. The van der Waals surface area contributed by atoms with Gasteiger partial charge in [-0.25, -0.2) is 4.98 Å². The molecular formula is C23H23N5OS. The quantitative estimate of drug-likeness (QED) is 0.462. The first-order chi connectivity index (χ1) is 14.6. The summed E-state index contributed by atoms with van der Waals surface area (Å²) in [5.74, 6) is 0.955. The van der Waals surface area contributed by atoms with E-state index in [9.17, 15) is 4.79 Å². The molecule has 30 heavy (non-hydrogen) atoms. The second-order valence-corrected chi connectivity index (χ2v) is 9.06. The van der Waals surface area contributed by atoms with E-state index < -0.39 is 0 Å². The third-order valence-electron chi connectivity index (χ3n) is 5.57. The van der Waals surface area contributed by atoms with Crippen LogP contribution in [0.25, 0.3) is 27.9 Å². The number of carbonyl (C=O) groups excluding carboxylic acids is 1. The molecule has 4 aromatic rings. The van der Waals surface area contributed by atoms with Gasteiger partial charge in [0.15, 0.2) is 10.8 Å². The second kappa shape index (κ2) is 7.72. The topological polar surface area (TPSA) is 63.4 Å². The fourth-order valence-electron chi connectivity index (χ4n) is 3.94. The number of hydrogen-bond acceptors (Lipinski definition) is 5. The Balaban J connectivity index is 1.63. The van der Waals surface area contributed by atoms with Crippen molar-refractivity contribution >= 4 is 34.2 Å². The molecule has 5 rings (SSSR count). The van der Waals surface area contributed by atoms with E-state index in [4.69, 9.17) is 4.98 Å². The maximum Gasteiger partial charge on any atom is 0.235 e. The zero-order valence-corrected chi connectivity index (χ0v) is 17.9. The molecule has 152 valence electrons. The highest BCUT2D eigenvalue weighted by Crippen LogP contribution is 2.31. The lowest BCUT2D eigenvalue weighted by molar-refractivity contribution is -0.129. The van der Waals surface area contributed by atoms with E-state index in [1.807, 2.05) is 40.5 Å². The number of aromatic nitrogens is 4. The molecular weight excluding hydrogens is 394 g/mol. The number of likely N-dealkylation sites (tertiary alicyclic amines) is 1. The molecule has 0 bridgehead atoms. The van der Waals surface area contributed by atoms with Crippen LogP contribution in [-0.4, -0.2) is 48.7 Å². The van der Waals surface area contributed by atoms with E-state index in [2.05, 4.69) is 41.4 Å². The number of nitrogens with zero attached hydrogens (tertiary/aromatic N) is 5. The SMILES string of the molecule is Cc1ccc(-c2nc3ccccc3c3nnc(SC(C)C(=O)N4CCCC4)n23)cc1. The van der Waals surface area contributed by atoms with Gasteiger partial charge in [-0.3, -0.25) is 9.20 Å². The predicted molar refractivity (Wildman–Crippen MR) is 120 cm³/mol. The molecule has 7 heteroatoms. The van der Waals surface area contributed by atoms with Crippen molar-refractivity contribution in [2.45, 2.75) is 37.1 Å². The van der Waals surface area contributed by atoms with Gasteiger partial charge in [0.05, 0.1) is 10.8 Å². The Kier molecular flexibility index (Phi) is 4.90. The van der Waals surface area contributed by atoms with Gasteiger partial charge < -0.3 is 4.90 Å². The molecule has 0 N–H and O–H groups in total. The van der Waals surface area contributed by atoms with Crippen LogP contribution in [0.5, 0.6) is 0 Å². The van der Waals surface area contributed by atoms with Crippen LogP contribution in [0.15, 0.2) is 53.7 Å². The summed E-state index contributed by atoms with van der Waals surface area (Å²) in [6.07, 6.45) is 2.18. The van der Waals surface area contributed by atoms with Crippen LogP contribution in [0.2, 0.25) is 0 Å². The zero-order chi connectivity index (χ0) is 20.7. The van der Waals surface area contributed by atoms with Crippen molar-refractivity contribution in [2.75, 3.05) is 13.1 Å². The van der Waals surface area contributed by atoms with Gasteiger partial charge in [-0.15, -0.1) is 10.2 Å². The van der Waals surface area contributed by atoms with Crippen molar-refractivity contribution in [3.63, 3.8) is 0 Å². The molecule has 1 aliphatic heterocycles. The van der Waals surface area contributed by atoms with Crippen molar-refractivity contribution in [1.29, 1.82) is 0 Å². The first-order valence-electron chi connectivity index (χ1n) is 10.3. The van der Waals surface area contributed by atoms with Crippen molar-refractivity contribution in [1.82, 2.24) is 24.5 Å². The summed E-state index contributed by atoms with van der Waals surface area (Å²) in [6, 6.07) is 16.3. The smallest absolute Gasteiger partial charge is 0.235 e. The number of carbonyl (C=O) groups is 1. The average Bonchev–Trinajstić information content (AvgIpc) is 3.44. The Hall–Kier alpha value is -2.93. The van der Waals surface area contributed by atoms with Gasteiger partial charge in [-0.05, 0) is 38.8 Å². The third kappa shape index (κ3) is 3.33. The minimum absolute atomic E-state index is 0.167. The number of rotatable bonds is 4. The third-order valence-corrected chi connectivity index (χ3v) is 6.60. The molecule has 1 saturated heterocycles. The van der Waals surface area contributed by atoms with Gasteiger partial charge in [-0.1, -0.05) is 53.7 Å². The lowest BCUT2D eigenvalue weighted by atomic mass is 10.1. The highest BCUT2D eigenvalue weighted by Gasteiger charge is 2.26. The maximum atomic E-state index is 12.8. The van der Waals surface area contributed by atoms with E-state index in [0.717, 1.165) is 53.9 Å². The predicted octanol–water partition coefficient (Wildman–Crippen LogP) is 4.36. The van der Waals surface area contributed by atoms with Crippen LogP contribution in [-0.2, 0) is 4.79 Å². The molecule has 2 aromatic carbocycles. The molecule has 1 atom stereocenters. The summed E-state index contributed by atoms with van der Waals surface area (Å²) in [5.41, 5.74) is 3.83. The second-order valence-electron chi connectivity index (χ2n) is 7.75. The number of para-hydroxylation sites is 1. The summed E-state index contributed by atoms with van der Waals surface area (Å²) >= 11 is 1.45. The summed E-state index contributed by atoms with van der Waals surface area (Å²) < 4.78 is 1.99. The molecule has 0 saturated carbocycles. The standard InChI is InChI=1S/C23H23N5OS/c1-15-9-11-17(12-10-15)20-24-19-8-4-3-7-18(19)21-25-26-23(28(20)21)30-16(2)22(29)27-13-5-6-14-27/h3-4,7-12,16H,5-6,13-14H2,1-2H3. The fraction of sp³-hybridized carbons (Fsp3) is 0.304. The minimum Gasteiger partial charge on any atom is -0.342 e. The number of fused-ring (bicyclic) bond motifs is 3. The fourth-order valence-corrected chi connectivity index (χ4v) is 4.87. The van der Waals surface area contributed by atoms with Crippen LogP contribution < -0.4 is 0 Å². The Bertz CT molecular complexity index is 1230. The van der Waals surface area contributed by atoms with Gasteiger partial charge in [0.25, 0.3) is 0 Å². The van der Waals surface area contributed by atoms with Gasteiger partial charge in [-0.2, -0.15) is 0 Å². The first-order valence-corrected chi connectivity index (χ1v) is 11.2. The maximum absolute atomic E-state index is 12.8. The molecule has 1 unspecified atom stereocenters. The molecule has 3 heterocycles. The van der Waals surface area contributed by atoms with Crippen molar-refractivity contribution in [2.24, 2.45) is 0 Å². The molecule has 0 radical (unpaired) electrons. The lowest BCUT2D eigenvalue weighted by Gasteiger charge is -2.19. The van der Waals surface area contributed by atoms with E-state index in [1.54, 1.807) is 0 Å². The van der Waals surface area contributed by atoms with Gasteiger partial charge in [0.1, 0.15) is 5.82 Å². The van der Waals surface area contributed by atoms with E-state index in [-0.39, 0.29) is 11.2 Å². The monoisotopic (exact) mass is 417 g/mol. The Labute approximate surface area is 179 Å². The number of hydrogen-bond donors (Lipinski definition) is 0. The highest BCUT2D eigenvalue weighted by molar-refractivity contribution is 8.00. The summed E-state index contributed by atoms with van der Waals surface area (Å²) in [6.45, 7) is 5.72. The van der Waals surface area contributed by atoms with Crippen molar-refractivity contribution < 1.29 is 4.79 Å². The van der Waals surface area contributed by atoms with E-state index in [1.165, 1.54) is 17.3 Å². The first kappa shape index (κ1) is 19.1. The largest absolute Gasteiger partial charge is 0.342 e. The zero-order valence-electron chi connectivity index (χ0n) is 17.1. The van der Waals surface area contributed by atoms with Gasteiger partial charge in [0.2, 0.25) is 5.91 Å². The van der Waals surface area contributed by atoms with Crippen LogP contribution >= 0.6 is 11.8 Å². The average molecular weight is 418 g/mol. The summed E-state index contributed by atoms with van der Waals surface area (Å²) in [5, 5.41) is 10.4. The van der Waals surface area contributed by atoms with Crippen LogP contribution in [0, 0.1) is 6.92 Å². The van der Waals surface area contributed by atoms with Crippen molar-refractivity contribution in [3.8, 4) is 11.4 Å². The highest BCUT2D eigenvalue weighted by atomic mass is 32.2. The van der Waals surface area contributed by atoms with Gasteiger partial charge >= 0.3 is 0 Å². The Morgan fingerprint density at radius 1 is 1.03 bits per heavy atom. The van der Waals surface area contributed by atoms with Gasteiger partial charge in [0, 0.05) is 24.0 Å².